The molecule has 1 N–H and O–H groups in total. The molecule has 0 saturated heterocycles. The van der Waals surface area contributed by atoms with Gasteiger partial charge >= 0.3 is 0 Å². The van der Waals surface area contributed by atoms with Crippen LogP contribution in [0.3, 0.4) is 0 Å². The molecule has 0 aromatic heterocycles. The standard InChI is InChI=1S/C23H30N2O2/c1-17(2)20-10-5-7-12-22(20)27-18(3)23(26)24-14-8-15-25-16-13-19-9-4-6-11-21(19)25/h4-7,9-12,17-18H,8,13-16H2,1-3H3,(H,24,26)/t18-/m0/s1. The zero-order chi connectivity index (χ0) is 19.2. The van der Waals surface area contributed by atoms with Crippen molar-refractivity contribution in [2.75, 3.05) is 24.5 Å². The lowest BCUT2D eigenvalue weighted by Crippen LogP contribution is -2.38. The number of hydrogen-bond donors (Lipinski definition) is 1. The lowest BCUT2D eigenvalue weighted by molar-refractivity contribution is -0.127. The van der Waals surface area contributed by atoms with Gasteiger partial charge in [-0.3, -0.25) is 4.79 Å². The molecule has 1 aliphatic heterocycles. The average Bonchev–Trinajstić information content (AvgIpc) is 3.08. The van der Waals surface area contributed by atoms with E-state index in [-0.39, 0.29) is 5.91 Å². The van der Waals surface area contributed by atoms with Crippen LogP contribution in [0.1, 0.15) is 44.2 Å². The van der Waals surface area contributed by atoms with Crippen LogP contribution in [-0.2, 0) is 11.2 Å². The Hall–Kier alpha value is -2.49. The number of amides is 1. The molecule has 27 heavy (non-hydrogen) atoms. The first-order chi connectivity index (χ1) is 13.1. The largest absolute Gasteiger partial charge is 0.481 e. The molecule has 1 aliphatic rings. The van der Waals surface area contributed by atoms with E-state index in [9.17, 15) is 4.79 Å². The van der Waals surface area contributed by atoms with Crippen LogP contribution in [0.25, 0.3) is 0 Å². The van der Waals surface area contributed by atoms with Gasteiger partial charge in [0.2, 0.25) is 0 Å². The zero-order valence-electron chi connectivity index (χ0n) is 16.6. The molecule has 0 spiro atoms. The van der Waals surface area contributed by atoms with Crippen molar-refractivity contribution in [1.29, 1.82) is 0 Å². The van der Waals surface area contributed by atoms with E-state index in [0.29, 0.717) is 12.5 Å². The summed E-state index contributed by atoms with van der Waals surface area (Å²) in [6.07, 6.45) is 1.54. The highest BCUT2D eigenvalue weighted by Gasteiger charge is 2.19. The predicted molar refractivity (Wildman–Crippen MR) is 111 cm³/mol. The summed E-state index contributed by atoms with van der Waals surface area (Å²) in [6.45, 7) is 8.76. The number of hydrogen-bond acceptors (Lipinski definition) is 3. The smallest absolute Gasteiger partial charge is 0.260 e. The van der Waals surface area contributed by atoms with Crippen LogP contribution >= 0.6 is 0 Å². The molecule has 4 heteroatoms. The monoisotopic (exact) mass is 366 g/mol. The van der Waals surface area contributed by atoms with Crippen molar-refractivity contribution in [3.05, 3.63) is 59.7 Å². The predicted octanol–water partition coefficient (Wildman–Crippen LogP) is 4.15. The first kappa shape index (κ1) is 19.3. The van der Waals surface area contributed by atoms with Crippen LogP contribution in [0.4, 0.5) is 5.69 Å². The summed E-state index contributed by atoms with van der Waals surface area (Å²) in [5.41, 5.74) is 3.89. The van der Waals surface area contributed by atoms with Gasteiger partial charge in [-0.15, -0.1) is 0 Å². The number of carbonyl (C=O) groups excluding carboxylic acids is 1. The lowest BCUT2D eigenvalue weighted by Gasteiger charge is -2.20. The Morgan fingerprint density at radius 3 is 2.67 bits per heavy atom. The van der Waals surface area contributed by atoms with Crippen molar-refractivity contribution in [3.8, 4) is 5.75 Å². The van der Waals surface area contributed by atoms with Crippen LogP contribution in [0.15, 0.2) is 48.5 Å². The molecule has 1 heterocycles. The summed E-state index contributed by atoms with van der Waals surface area (Å²) in [4.78, 5) is 14.8. The summed E-state index contributed by atoms with van der Waals surface area (Å²) >= 11 is 0. The summed E-state index contributed by atoms with van der Waals surface area (Å²) in [5.74, 6) is 1.10. The number of para-hydroxylation sites is 2. The molecule has 4 nitrogen and oxygen atoms in total. The SMILES string of the molecule is CC(C)c1ccccc1O[C@@H](C)C(=O)NCCCN1CCc2ccccc21. The number of benzene rings is 2. The fourth-order valence-electron chi connectivity index (χ4n) is 3.57. The number of carbonyl (C=O) groups is 1. The Bertz CT molecular complexity index is 772. The van der Waals surface area contributed by atoms with Crippen molar-refractivity contribution in [2.24, 2.45) is 0 Å². The third-order valence-electron chi connectivity index (χ3n) is 5.10. The average molecular weight is 367 g/mol. The normalized spacial score (nSPS) is 14.1. The molecule has 2 aromatic carbocycles. The van der Waals surface area contributed by atoms with E-state index < -0.39 is 6.10 Å². The Morgan fingerprint density at radius 2 is 1.85 bits per heavy atom. The maximum atomic E-state index is 12.4. The highest BCUT2D eigenvalue weighted by molar-refractivity contribution is 5.80. The zero-order valence-corrected chi connectivity index (χ0v) is 16.6. The van der Waals surface area contributed by atoms with Gasteiger partial charge in [0, 0.05) is 25.3 Å². The molecular weight excluding hydrogens is 336 g/mol. The molecule has 0 aliphatic carbocycles. The first-order valence-electron chi connectivity index (χ1n) is 9.92. The summed E-state index contributed by atoms with van der Waals surface area (Å²) in [6, 6.07) is 16.5. The Balaban J connectivity index is 1.43. The second-order valence-electron chi connectivity index (χ2n) is 7.46. The lowest BCUT2D eigenvalue weighted by atomic mass is 10.0. The highest BCUT2D eigenvalue weighted by atomic mass is 16.5. The number of ether oxygens (including phenoxy) is 1. The molecule has 0 fully saturated rings. The van der Waals surface area contributed by atoms with Crippen LogP contribution in [0.5, 0.6) is 5.75 Å². The molecule has 1 atom stereocenters. The molecular formula is C23H30N2O2. The van der Waals surface area contributed by atoms with E-state index in [1.807, 2.05) is 25.1 Å². The molecule has 0 saturated carbocycles. The maximum absolute atomic E-state index is 12.4. The van der Waals surface area contributed by atoms with Crippen LogP contribution in [0.2, 0.25) is 0 Å². The number of anilines is 1. The van der Waals surface area contributed by atoms with Gasteiger partial charge in [0.1, 0.15) is 5.75 Å². The fraction of sp³-hybridized carbons (Fsp3) is 0.435. The minimum Gasteiger partial charge on any atom is -0.481 e. The molecule has 144 valence electrons. The van der Waals surface area contributed by atoms with E-state index in [2.05, 4.69) is 54.4 Å². The van der Waals surface area contributed by atoms with Crippen LogP contribution < -0.4 is 15.0 Å². The van der Waals surface area contributed by atoms with Gasteiger partial charge < -0.3 is 15.0 Å². The molecule has 0 radical (unpaired) electrons. The third-order valence-corrected chi connectivity index (χ3v) is 5.10. The van der Waals surface area contributed by atoms with Crippen molar-refractivity contribution in [2.45, 2.75) is 45.6 Å². The van der Waals surface area contributed by atoms with E-state index >= 15 is 0 Å². The van der Waals surface area contributed by atoms with E-state index in [1.165, 1.54) is 11.3 Å². The van der Waals surface area contributed by atoms with Gasteiger partial charge in [0.15, 0.2) is 6.10 Å². The van der Waals surface area contributed by atoms with Crippen LogP contribution in [-0.4, -0.2) is 31.6 Å². The molecule has 1 amide bonds. The minimum absolute atomic E-state index is 0.0598. The molecule has 0 unspecified atom stereocenters. The summed E-state index contributed by atoms with van der Waals surface area (Å²) in [7, 11) is 0. The van der Waals surface area contributed by atoms with Gasteiger partial charge in [-0.05, 0) is 48.9 Å². The Morgan fingerprint density at radius 1 is 1.11 bits per heavy atom. The van der Waals surface area contributed by atoms with Crippen molar-refractivity contribution >= 4 is 11.6 Å². The minimum atomic E-state index is -0.502. The topological polar surface area (TPSA) is 41.6 Å². The first-order valence-corrected chi connectivity index (χ1v) is 9.92. The third kappa shape index (κ3) is 4.82. The number of fused-ring (bicyclic) bond motifs is 1. The van der Waals surface area contributed by atoms with Crippen LogP contribution in [0, 0.1) is 0 Å². The van der Waals surface area contributed by atoms with Gasteiger partial charge in [-0.25, -0.2) is 0 Å². The molecule has 0 bridgehead atoms. The van der Waals surface area contributed by atoms with E-state index in [4.69, 9.17) is 4.74 Å². The maximum Gasteiger partial charge on any atom is 0.260 e. The van der Waals surface area contributed by atoms with Gasteiger partial charge in [0.05, 0.1) is 0 Å². The molecule has 3 rings (SSSR count). The van der Waals surface area contributed by atoms with Gasteiger partial charge in [0.25, 0.3) is 5.91 Å². The fourth-order valence-corrected chi connectivity index (χ4v) is 3.57. The van der Waals surface area contributed by atoms with Crippen molar-refractivity contribution in [3.63, 3.8) is 0 Å². The van der Waals surface area contributed by atoms with Crippen molar-refractivity contribution in [1.82, 2.24) is 5.32 Å². The van der Waals surface area contributed by atoms with Gasteiger partial charge in [-0.1, -0.05) is 50.2 Å². The Labute approximate surface area is 162 Å². The number of nitrogens with one attached hydrogen (secondary N) is 1. The van der Waals surface area contributed by atoms with E-state index in [1.54, 1.807) is 0 Å². The second-order valence-corrected chi connectivity index (χ2v) is 7.46. The van der Waals surface area contributed by atoms with Gasteiger partial charge in [-0.2, -0.15) is 0 Å². The molecule has 2 aromatic rings. The quantitative estimate of drug-likeness (QED) is 0.714. The second kappa shape index (κ2) is 8.94. The number of nitrogens with zero attached hydrogens (tertiary/aromatic N) is 1. The Kier molecular flexibility index (Phi) is 6.38. The highest BCUT2D eigenvalue weighted by Crippen LogP contribution is 2.28. The van der Waals surface area contributed by atoms with Crippen molar-refractivity contribution < 1.29 is 9.53 Å². The number of rotatable bonds is 8. The van der Waals surface area contributed by atoms with E-state index in [0.717, 1.165) is 37.2 Å². The summed E-state index contributed by atoms with van der Waals surface area (Å²) in [5, 5.41) is 3.01. The summed E-state index contributed by atoms with van der Waals surface area (Å²) < 4.78 is 5.92.